The van der Waals surface area contributed by atoms with Crippen molar-refractivity contribution in [1.82, 2.24) is 0 Å². The standard InChI is InChI=1S/C23H27BrO6/c1-29-14-7-5-12(6-8-14)9-13-10-17(15-3-2-4-16(15)19(13)24)23-22(28)21(27)20(26)18(11-25)30-23/h5-8,10,18,20-23,25-28H,2-4,9,11H2,1H3/t18-,20-,21+,22-,23+/m0/s1. The van der Waals surface area contributed by atoms with Gasteiger partial charge in [0.15, 0.2) is 0 Å². The van der Waals surface area contributed by atoms with Gasteiger partial charge in [0.2, 0.25) is 0 Å². The summed E-state index contributed by atoms with van der Waals surface area (Å²) in [7, 11) is 1.64. The fourth-order valence-electron chi connectivity index (χ4n) is 4.54. The van der Waals surface area contributed by atoms with Crippen LogP contribution in [-0.2, 0) is 24.0 Å². The number of hydrogen-bond acceptors (Lipinski definition) is 6. The van der Waals surface area contributed by atoms with Gasteiger partial charge in [-0.1, -0.05) is 34.1 Å². The quantitative estimate of drug-likeness (QED) is 0.524. The smallest absolute Gasteiger partial charge is 0.118 e. The molecular weight excluding hydrogens is 452 g/mol. The maximum absolute atomic E-state index is 10.7. The summed E-state index contributed by atoms with van der Waals surface area (Å²) in [6.07, 6.45) is -2.27. The Morgan fingerprint density at radius 1 is 1.03 bits per heavy atom. The maximum Gasteiger partial charge on any atom is 0.118 e. The van der Waals surface area contributed by atoms with E-state index in [1.165, 1.54) is 5.56 Å². The number of aliphatic hydroxyl groups excluding tert-OH is 4. The molecule has 5 atom stereocenters. The van der Waals surface area contributed by atoms with Crippen LogP contribution in [0.5, 0.6) is 5.75 Å². The predicted molar refractivity (Wildman–Crippen MR) is 115 cm³/mol. The Balaban J connectivity index is 1.73. The number of halogens is 1. The number of rotatable bonds is 5. The normalized spacial score (nSPS) is 28.4. The molecule has 0 radical (unpaired) electrons. The average molecular weight is 479 g/mol. The third-order valence-corrected chi connectivity index (χ3v) is 7.18. The first kappa shape index (κ1) is 21.7. The molecule has 0 amide bonds. The summed E-state index contributed by atoms with van der Waals surface area (Å²) in [4.78, 5) is 0. The van der Waals surface area contributed by atoms with Crippen LogP contribution in [0.2, 0.25) is 0 Å². The van der Waals surface area contributed by atoms with Crippen LogP contribution in [0.15, 0.2) is 34.8 Å². The van der Waals surface area contributed by atoms with Crippen LogP contribution in [0, 0.1) is 0 Å². The summed E-state index contributed by atoms with van der Waals surface area (Å²) >= 11 is 3.78. The van der Waals surface area contributed by atoms with Gasteiger partial charge in [0.25, 0.3) is 0 Å². The van der Waals surface area contributed by atoms with Crippen LogP contribution in [-0.4, -0.2) is 58.6 Å². The van der Waals surface area contributed by atoms with E-state index in [-0.39, 0.29) is 0 Å². The van der Waals surface area contributed by atoms with Crippen LogP contribution in [0.25, 0.3) is 0 Å². The minimum Gasteiger partial charge on any atom is -0.497 e. The molecule has 0 aromatic heterocycles. The average Bonchev–Trinajstić information content (AvgIpc) is 3.26. The van der Waals surface area contributed by atoms with E-state index in [0.29, 0.717) is 6.42 Å². The summed E-state index contributed by atoms with van der Waals surface area (Å²) < 4.78 is 12.2. The van der Waals surface area contributed by atoms with Gasteiger partial charge in [-0.25, -0.2) is 0 Å². The van der Waals surface area contributed by atoms with E-state index >= 15 is 0 Å². The molecule has 0 spiro atoms. The molecule has 2 aliphatic rings. The van der Waals surface area contributed by atoms with Crippen molar-refractivity contribution in [2.75, 3.05) is 13.7 Å². The molecule has 7 heteroatoms. The number of hydrogen-bond donors (Lipinski definition) is 4. The summed E-state index contributed by atoms with van der Waals surface area (Å²) in [5.41, 5.74) is 5.32. The van der Waals surface area contributed by atoms with Gasteiger partial charge >= 0.3 is 0 Å². The SMILES string of the molecule is COc1ccc(Cc2cc([C@H]3O[C@@H](CO)[C@H](O)[C@@H](O)[C@@H]3O)c3c(c2Br)CCC3)cc1. The molecule has 0 unspecified atom stereocenters. The van der Waals surface area contributed by atoms with E-state index < -0.39 is 37.1 Å². The van der Waals surface area contributed by atoms with E-state index in [9.17, 15) is 20.4 Å². The second-order valence-electron chi connectivity index (χ2n) is 8.02. The van der Waals surface area contributed by atoms with Gasteiger partial charge in [0.05, 0.1) is 13.7 Å². The lowest BCUT2D eigenvalue weighted by Crippen LogP contribution is -2.55. The van der Waals surface area contributed by atoms with Crippen LogP contribution in [0.1, 0.15) is 40.3 Å². The van der Waals surface area contributed by atoms with Crippen molar-refractivity contribution in [3.63, 3.8) is 0 Å². The molecule has 162 valence electrons. The highest BCUT2D eigenvalue weighted by Crippen LogP contribution is 2.42. The fourth-order valence-corrected chi connectivity index (χ4v) is 5.23. The molecule has 4 N–H and O–H groups in total. The molecule has 1 heterocycles. The van der Waals surface area contributed by atoms with Crippen LogP contribution in [0.3, 0.4) is 0 Å². The minimum absolute atomic E-state index is 0.432. The Morgan fingerprint density at radius 3 is 2.40 bits per heavy atom. The highest BCUT2D eigenvalue weighted by molar-refractivity contribution is 9.10. The second-order valence-corrected chi connectivity index (χ2v) is 8.82. The molecule has 1 aliphatic carbocycles. The zero-order valence-corrected chi connectivity index (χ0v) is 18.4. The van der Waals surface area contributed by atoms with Gasteiger partial charge in [-0.2, -0.15) is 0 Å². The molecule has 2 aromatic carbocycles. The summed E-state index contributed by atoms with van der Waals surface area (Å²) in [6.45, 7) is -0.432. The first-order chi connectivity index (χ1) is 14.4. The third kappa shape index (κ3) is 3.90. The van der Waals surface area contributed by atoms with E-state index in [2.05, 4.69) is 15.9 Å². The zero-order valence-electron chi connectivity index (χ0n) is 16.8. The molecule has 0 saturated carbocycles. The molecule has 1 saturated heterocycles. The first-order valence-electron chi connectivity index (χ1n) is 10.2. The monoisotopic (exact) mass is 478 g/mol. The first-order valence-corrected chi connectivity index (χ1v) is 11.0. The number of fused-ring (bicyclic) bond motifs is 1. The number of benzene rings is 2. The van der Waals surface area contributed by atoms with Crippen molar-refractivity contribution in [2.45, 2.75) is 56.2 Å². The number of aliphatic hydroxyl groups is 4. The lowest BCUT2D eigenvalue weighted by atomic mass is 9.86. The molecule has 6 nitrogen and oxygen atoms in total. The number of methoxy groups -OCH3 is 1. The van der Waals surface area contributed by atoms with E-state index in [4.69, 9.17) is 9.47 Å². The largest absolute Gasteiger partial charge is 0.497 e. The van der Waals surface area contributed by atoms with E-state index in [1.807, 2.05) is 30.3 Å². The highest BCUT2D eigenvalue weighted by atomic mass is 79.9. The van der Waals surface area contributed by atoms with Crippen molar-refractivity contribution < 1.29 is 29.9 Å². The lowest BCUT2D eigenvalue weighted by Gasteiger charge is -2.41. The highest BCUT2D eigenvalue weighted by Gasteiger charge is 2.45. The van der Waals surface area contributed by atoms with Gasteiger partial charge in [0, 0.05) is 4.47 Å². The zero-order chi connectivity index (χ0) is 21.4. The Morgan fingerprint density at radius 2 is 1.73 bits per heavy atom. The topological polar surface area (TPSA) is 99.4 Å². The van der Waals surface area contributed by atoms with Crippen molar-refractivity contribution in [3.8, 4) is 5.75 Å². The minimum atomic E-state index is -1.38. The summed E-state index contributed by atoms with van der Waals surface area (Å²) in [5, 5.41) is 40.6. The van der Waals surface area contributed by atoms with Crippen LogP contribution < -0.4 is 4.74 Å². The van der Waals surface area contributed by atoms with Gasteiger partial charge in [-0.3, -0.25) is 0 Å². The molecule has 1 fully saturated rings. The molecule has 1 aliphatic heterocycles. The van der Waals surface area contributed by atoms with Crippen molar-refractivity contribution in [1.29, 1.82) is 0 Å². The third-order valence-electron chi connectivity index (χ3n) is 6.20. The van der Waals surface area contributed by atoms with Gasteiger partial charge in [-0.15, -0.1) is 0 Å². The molecule has 2 aromatic rings. The van der Waals surface area contributed by atoms with Crippen LogP contribution >= 0.6 is 15.9 Å². The molecular formula is C23H27BrO6. The van der Waals surface area contributed by atoms with Crippen molar-refractivity contribution in [3.05, 3.63) is 62.6 Å². The molecule has 30 heavy (non-hydrogen) atoms. The Hall–Kier alpha value is -1.48. The lowest BCUT2D eigenvalue weighted by molar-refractivity contribution is -0.231. The molecule has 0 bridgehead atoms. The van der Waals surface area contributed by atoms with Gasteiger partial charge in [-0.05, 0) is 65.6 Å². The predicted octanol–water partition coefficient (Wildman–Crippen LogP) is 2.05. The summed E-state index contributed by atoms with van der Waals surface area (Å²) in [5.74, 6) is 0.800. The Bertz CT molecular complexity index is 898. The fraction of sp³-hybridized carbons (Fsp3) is 0.478. The van der Waals surface area contributed by atoms with Crippen molar-refractivity contribution in [2.24, 2.45) is 0 Å². The second kappa shape index (κ2) is 8.94. The maximum atomic E-state index is 10.7. The summed E-state index contributed by atoms with van der Waals surface area (Å²) in [6, 6.07) is 9.91. The van der Waals surface area contributed by atoms with E-state index in [0.717, 1.165) is 51.7 Å². The Kier molecular flexibility index (Phi) is 6.48. The van der Waals surface area contributed by atoms with E-state index in [1.54, 1.807) is 7.11 Å². The van der Waals surface area contributed by atoms with Crippen molar-refractivity contribution >= 4 is 15.9 Å². The number of ether oxygens (including phenoxy) is 2. The van der Waals surface area contributed by atoms with Gasteiger partial charge in [0.1, 0.15) is 36.3 Å². The van der Waals surface area contributed by atoms with Gasteiger partial charge < -0.3 is 29.9 Å². The van der Waals surface area contributed by atoms with Crippen LogP contribution in [0.4, 0.5) is 0 Å². The molecule has 4 rings (SSSR count). The Labute approximate surface area is 184 Å².